The highest BCUT2D eigenvalue weighted by Gasteiger charge is 2.21. The number of hydrogen-bond donors (Lipinski definition) is 1. The van der Waals surface area contributed by atoms with Gasteiger partial charge >= 0.3 is 5.97 Å². The highest BCUT2D eigenvalue weighted by molar-refractivity contribution is 6.03. The van der Waals surface area contributed by atoms with Crippen LogP contribution in [-0.4, -0.2) is 69.2 Å². The minimum Gasteiger partial charge on any atom is -0.465 e. The molecule has 1 aromatic rings. The molecule has 3 rings (SSSR count). The lowest BCUT2D eigenvalue weighted by molar-refractivity contribution is -0.135. The Balaban J connectivity index is 1.71. The van der Waals surface area contributed by atoms with E-state index in [1.807, 2.05) is 6.07 Å². The number of amides is 2. The van der Waals surface area contributed by atoms with E-state index in [2.05, 4.69) is 10.2 Å². The summed E-state index contributed by atoms with van der Waals surface area (Å²) in [5, 5.41) is 2.78. The smallest absolute Gasteiger partial charge is 0.340 e. The number of esters is 1. The van der Waals surface area contributed by atoms with Gasteiger partial charge in [0.1, 0.15) is 0 Å². The van der Waals surface area contributed by atoms with E-state index in [0.29, 0.717) is 37.4 Å². The fourth-order valence-electron chi connectivity index (χ4n) is 3.68. The van der Waals surface area contributed by atoms with Crippen molar-refractivity contribution >= 4 is 29.2 Å². The van der Waals surface area contributed by atoms with Gasteiger partial charge in [-0.25, -0.2) is 4.79 Å². The molecule has 2 aliphatic rings. The number of carbonyl (C=O) groups excluding carboxylic acids is 3. The molecule has 2 fully saturated rings. The number of hydrogen-bond acceptors (Lipinski definition) is 6. The number of nitrogens with zero attached hydrogens (tertiary/aromatic N) is 2. The standard InChI is InChI=1S/C21H29N3O5/c1-28-21(27)17-14-16(23-10-12-29-13-11-23)7-8-18(17)22-19(25)15-24-9-5-3-2-4-6-20(24)26/h7-8,14H,2-6,9-13,15H2,1H3,(H,22,25). The third kappa shape index (κ3) is 5.69. The number of morpholine rings is 1. The first-order valence-electron chi connectivity index (χ1n) is 10.2. The lowest BCUT2D eigenvalue weighted by Gasteiger charge is -2.29. The van der Waals surface area contributed by atoms with E-state index in [0.717, 1.165) is 44.5 Å². The van der Waals surface area contributed by atoms with Crippen molar-refractivity contribution in [1.29, 1.82) is 0 Å². The molecule has 0 bridgehead atoms. The Morgan fingerprint density at radius 1 is 1.10 bits per heavy atom. The van der Waals surface area contributed by atoms with Gasteiger partial charge < -0.3 is 24.6 Å². The summed E-state index contributed by atoms with van der Waals surface area (Å²) in [6.45, 7) is 3.33. The van der Waals surface area contributed by atoms with Crippen molar-refractivity contribution in [3.05, 3.63) is 23.8 Å². The Bertz CT molecular complexity index is 746. The fourth-order valence-corrected chi connectivity index (χ4v) is 3.68. The zero-order valence-electron chi connectivity index (χ0n) is 16.9. The fraction of sp³-hybridized carbons (Fsp3) is 0.571. The van der Waals surface area contributed by atoms with Gasteiger partial charge in [-0.05, 0) is 31.0 Å². The van der Waals surface area contributed by atoms with Crippen molar-refractivity contribution in [2.45, 2.75) is 32.1 Å². The zero-order valence-corrected chi connectivity index (χ0v) is 16.9. The molecule has 2 amide bonds. The molecule has 158 valence electrons. The number of ether oxygens (including phenoxy) is 2. The van der Waals surface area contributed by atoms with Gasteiger partial charge in [0.05, 0.1) is 38.1 Å². The van der Waals surface area contributed by atoms with Gasteiger partial charge in [0.25, 0.3) is 0 Å². The molecule has 8 nitrogen and oxygen atoms in total. The van der Waals surface area contributed by atoms with Gasteiger partial charge in [-0.15, -0.1) is 0 Å². The molecule has 0 spiro atoms. The topological polar surface area (TPSA) is 88.2 Å². The molecule has 2 saturated heterocycles. The zero-order chi connectivity index (χ0) is 20.6. The molecule has 0 saturated carbocycles. The molecule has 1 N–H and O–H groups in total. The van der Waals surface area contributed by atoms with Crippen LogP contribution in [0.25, 0.3) is 0 Å². The van der Waals surface area contributed by atoms with E-state index >= 15 is 0 Å². The minimum atomic E-state index is -0.516. The minimum absolute atomic E-state index is 0.00926. The number of carbonyl (C=O) groups is 3. The first-order valence-corrected chi connectivity index (χ1v) is 10.2. The molecule has 0 aliphatic carbocycles. The summed E-state index contributed by atoms with van der Waals surface area (Å²) in [5.74, 6) is -0.823. The van der Waals surface area contributed by atoms with E-state index < -0.39 is 5.97 Å². The number of benzene rings is 1. The van der Waals surface area contributed by atoms with Crippen LogP contribution < -0.4 is 10.2 Å². The first-order chi connectivity index (χ1) is 14.1. The third-order valence-electron chi connectivity index (χ3n) is 5.31. The van der Waals surface area contributed by atoms with Crippen molar-refractivity contribution in [2.75, 3.05) is 56.7 Å². The van der Waals surface area contributed by atoms with Crippen molar-refractivity contribution in [3.8, 4) is 0 Å². The lowest BCUT2D eigenvalue weighted by Crippen LogP contribution is -2.39. The van der Waals surface area contributed by atoms with Gasteiger partial charge in [0.15, 0.2) is 0 Å². The summed E-state index contributed by atoms with van der Waals surface area (Å²) in [5.41, 5.74) is 1.56. The van der Waals surface area contributed by atoms with Crippen LogP contribution in [0, 0.1) is 0 Å². The summed E-state index contributed by atoms with van der Waals surface area (Å²) < 4.78 is 10.3. The molecule has 0 radical (unpaired) electrons. The maximum Gasteiger partial charge on any atom is 0.340 e. The summed E-state index contributed by atoms with van der Waals surface area (Å²) in [7, 11) is 1.31. The molecule has 8 heteroatoms. The summed E-state index contributed by atoms with van der Waals surface area (Å²) in [6.07, 6.45) is 4.38. The number of methoxy groups -OCH3 is 1. The molecule has 0 aromatic heterocycles. The second-order valence-corrected chi connectivity index (χ2v) is 7.35. The molecule has 0 atom stereocenters. The SMILES string of the molecule is COC(=O)c1cc(N2CCOCC2)ccc1NC(=O)CN1CCCCCCC1=O. The third-order valence-corrected chi connectivity index (χ3v) is 5.31. The normalized spacial score (nSPS) is 18.0. The van der Waals surface area contributed by atoms with Crippen molar-refractivity contribution in [1.82, 2.24) is 4.90 Å². The van der Waals surface area contributed by atoms with E-state index in [-0.39, 0.29) is 18.4 Å². The number of likely N-dealkylation sites (tertiary alicyclic amines) is 1. The van der Waals surface area contributed by atoms with E-state index in [1.54, 1.807) is 17.0 Å². The van der Waals surface area contributed by atoms with E-state index in [9.17, 15) is 14.4 Å². The molecule has 2 aliphatic heterocycles. The number of anilines is 2. The highest BCUT2D eigenvalue weighted by atomic mass is 16.5. The largest absolute Gasteiger partial charge is 0.465 e. The summed E-state index contributed by atoms with van der Waals surface area (Å²) >= 11 is 0. The van der Waals surface area contributed by atoms with Crippen LogP contribution in [0.1, 0.15) is 42.5 Å². The van der Waals surface area contributed by atoms with Crippen molar-refractivity contribution in [2.24, 2.45) is 0 Å². The van der Waals surface area contributed by atoms with Crippen molar-refractivity contribution < 1.29 is 23.9 Å². The van der Waals surface area contributed by atoms with Crippen LogP contribution >= 0.6 is 0 Å². The van der Waals surface area contributed by atoms with Crippen molar-refractivity contribution in [3.63, 3.8) is 0 Å². The maximum absolute atomic E-state index is 12.6. The Labute approximate surface area is 171 Å². The van der Waals surface area contributed by atoms with E-state index in [1.165, 1.54) is 7.11 Å². The average Bonchev–Trinajstić information content (AvgIpc) is 2.74. The molecule has 2 heterocycles. The second-order valence-electron chi connectivity index (χ2n) is 7.35. The summed E-state index contributed by atoms with van der Waals surface area (Å²) in [6, 6.07) is 5.31. The average molecular weight is 403 g/mol. The first kappa shape index (κ1) is 21.1. The van der Waals surface area contributed by atoms with Crippen LogP contribution in [0.5, 0.6) is 0 Å². The molecular weight excluding hydrogens is 374 g/mol. The van der Waals surface area contributed by atoms with Crippen LogP contribution in [-0.2, 0) is 19.1 Å². The van der Waals surface area contributed by atoms with Crippen LogP contribution in [0.4, 0.5) is 11.4 Å². The Hall–Kier alpha value is -2.61. The monoisotopic (exact) mass is 403 g/mol. The van der Waals surface area contributed by atoms with Gasteiger partial charge in [-0.2, -0.15) is 0 Å². The van der Waals surface area contributed by atoms with Gasteiger partial charge in [0, 0.05) is 31.7 Å². The number of rotatable bonds is 5. The molecular formula is C21H29N3O5. The van der Waals surface area contributed by atoms with Crippen LogP contribution in [0.3, 0.4) is 0 Å². The summed E-state index contributed by atoms with van der Waals surface area (Å²) in [4.78, 5) is 40.9. The lowest BCUT2D eigenvalue weighted by atomic mass is 10.1. The van der Waals surface area contributed by atoms with E-state index in [4.69, 9.17) is 9.47 Å². The predicted molar refractivity (Wildman–Crippen MR) is 109 cm³/mol. The predicted octanol–water partition coefficient (Wildman–Crippen LogP) is 2.04. The maximum atomic E-state index is 12.6. The second kappa shape index (κ2) is 10.2. The number of nitrogens with one attached hydrogen (secondary N) is 1. The van der Waals surface area contributed by atoms with Crippen LogP contribution in [0.2, 0.25) is 0 Å². The van der Waals surface area contributed by atoms with Gasteiger partial charge in [-0.3, -0.25) is 9.59 Å². The highest BCUT2D eigenvalue weighted by Crippen LogP contribution is 2.25. The molecule has 29 heavy (non-hydrogen) atoms. The Morgan fingerprint density at radius 3 is 2.62 bits per heavy atom. The quantitative estimate of drug-likeness (QED) is 0.757. The molecule has 0 unspecified atom stereocenters. The Morgan fingerprint density at radius 2 is 1.86 bits per heavy atom. The molecule has 1 aromatic carbocycles. The van der Waals surface area contributed by atoms with Gasteiger partial charge in [-0.1, -0.05) is 12.8 Å². The van der Waals surface area contributed by atoms with Gasteiger partial charge in [0.2, 0.25) is 11.8 Å². The van der Waals surface area contributed by atoms with Crippen LogP contribution in [0.15, 0.2) is 18.2 Å². The Kier molecular flexibility index (Phi) is 7.46.